The number of methoxy groups -OCH3 is 1. The van der Waals surface area contributed by atoms with Crippen molar-refractivity contribution in [2.75, 3.05) is 7.11 Å². The molecule has 56 valence electrons. The van der Waals surface area contributed by atoms with E-state index < -0.39 is 6.04 Å². The highest BCUT2D eigenvalue weighted by molar-refractivity contribution is 5.85. The zero-order chi connectivity index (χ0) is 6.57. The Morgan fingerprint density at radius 3 is 2.33 bits per heavy atom. The molecule has 0 aliphatic carbocycles. The number of carbonyl (C=O) groups excluding carboxylic acids is 1. The van der Waals surface area contributed by atoms with Gasteiger partial charge in [-0.15, -0.1) is 12.4 Å². The molecule has 0 saturated carbocycles. The SMILES string of the molecule is COC(=O)[C@@H](C)NN.Cl. The molecule has 0 saturated heterocycles. The molecule has 1 atom stereocenters. The molecule has 3 N–H and O–H groups in total. The monoisotopic (exact) mass is 154 g/mol. The van der Waals surface area contributed by atoms with Crippen molar-refractivity contribution in [3.05, 3.63) is 0 Å². The van der Waals surface area contributed by atoms with Crippen LogP contribution in [-0.4, -0.2) is 19.1 Å². The summed E-state index contributed by atoms with van der Waals surface area (Å²) in [5, 5.41) is 0. The molecule has 4 nitrogen and oxygen atoms in total. The van der Waals surface area contributed by atoms with Crippen molar-refractivity contribution in [3.63, 3.8) is 0 Å². The third-order valence-corrected chi connectivity index (χ3v) is 0.805. The van der Waals surface area contributed by atoms with Gasteiger partial charge in [0.25, 0.3) is 0 Å². The minimum atomic E-state index is -0.417. The fourth-order valence-electron chi connectivity index (χ4n) is 0.245. The maximum atomic E-state index is 10.4. The Balaban J connectivity index is 0. The van der Waals surface area contributed by atoms with Gasteiger partial charge in [-0.1, -0.05) is 0 Å². The Morgan fingerprint density at radius 1 is 1.78 bits per heavy atom. The van der Waals surface area contributed by atoms with Crippen LogP contribution in [0.2, 0.25) is 0 Å². The highest BCUT2D eigenvalue weighted by atomic mass is 35.5. The van der Waals surface area contributed by atoms with E-state index in [2.05, 4.69) is 10.2 Å². The van der Waals surface area contributed by atoms with Crippen molar-refractivity contribution in [1.82, 2.24) is 5.43 Å². The van der Waals surface area contributed by atoms with Crippen molar-refractivity contribution in [3.8, 4) is 0 Å². The Kier molecular flexibility index (Phi) is 7.41. The van der Waals surface area contributed by atoms with Gasteiger partial charge in [0.15, 0.2) is 0 Å². The fourth-order valence-corrected chi connectivity index (χ4v) is 0.245. The summed E-state index contributed by atoms with van der Waals surface area (Å²) in [6, 6.07) is -0.417. The van der Waals surface area contributed by atoms with E-state index >= 15 is 0 Å². The smallest absolute Gasteiger partial charge is 0.323 e. The van der Waals surface area contributed by atoms with Crippen LogP contribution < -0.4 is 11.3 Å². The average Bonchev–Trinajstić information content (AvgIpc) is 1.84. The van der Waals surface area contributed by atoms with Crippen LogP contribution in [0.4, 0.5) is 0 Å². The lowest BCUT2D eigenvalue weighted by Crippen LogP contribution is -2.39. The Hall–Kier alpha value is -0.320. The summed E-state index contributed by atoms with van der Waals surface area (Å²) in [5.74, 6) is 4.54. The van der Waals surface area contributed by atoms with Crippen LogP contribution >= 0.6 is 12.4 Å². The largest absolute Gasteiger partial charge is 0.468 e. The Labute approximate surface area is 60.1 Å². The van der Waals surface area contributed by atoms with Crippen molar-refractivity contribution in [2.24, 2.45) is 5.84 Å². The summed E-state index contributed by atoms with van der Waals surface area (Å²) in [6.45, 7) is 1.62. The molecule has 0 radical (unpaired) electrons. The summed E-state index contributed by atoms with van der Waals surface area (Å²) < 4.78 is 4.32. The number of halogens is 1. The molecule has 0 heterocycles. The van der Waals surface area contributed by atoms with Crippen molar-refractivity contribution in [2.45, 2.75) is 13.0 Å². The van der Waals surface area contributed by atoms with Crippen molar-refractivity contribution in [1.29, 1.82) is 0 Å². The first-order valence-corrected chi connectivity index (χ1v) is 2.26. The second kappa shape index (κ2) is 5.81. The normalized spacial score (nSPS) is 11.4. The minimum absolute atomic E-state index is 0. The summed E-state index contributed by atoms with van der Waals surface area (Å²) in [7, 11) is 1.32. The van der Waals surface area contributed by atoms with E-state index in [1.807, 2.05) is 0 Å². The van der Waals surface area contributed by atoms with E-state index in [9.17, 15) is 4.79 Å². The summed E-state index contributed by atoms with van der Waals surface area (Å²) >= 11 is 0. The molecule has 0 rings (SSSR count). The van der Waals surface area contributed by atoms with Gasteiger partial charge in [-0.3, -0.25) is 10.6 Å². The zero-order valence-electron chi connectivity index (χ0n) is 5.38. The topological polar surface area (TPSA) is 64.3 Å². The van der Waals surface area contributed by atoms with E-state index in [0.717, 1.165) is 0 Å². The van der Waals surface area contributed by atoms with Gasteiger partial charge in [-0.25, -0.2) is 5.43 Å². The quantitative estimate of drug-likeness (QED) is 0.318. The molecule has 0 unspecified atom stereocenters. The Morgan fingerprint density at radius 2 is 2.22 bits per heavy atom. The molecule has 0 aromatic rings. The molecule has 0 aromatic heterocycles. The molecule has 0 fully saturated rings. The predicted octanol–water partition coefficient (Wildman–Crippen LogP) is -0.567. The number of ether oxygens (including phenoxy) is 1. The molecule has 0 aliphatic heterocycles. The van der Waals surface area contributed by atoms with E-state index in [-0.39, 0.29) is 18.4 Å². The molecular formula is C4H11ClN2O2. The van der Waals surface area contributed by atoms with Crippen LogP contribution in [0.1, 0.15) is 6.92 Å². The van der Waals surface area contributed by atoms with Crippen LogP contribution in [0.3, 0.4) is 0 Å². The van der Waals surface area contributed by atoms with Gasteiger partial charge in [-0.05, 0) is 6.92 Å². The number of hydrazine groups is 1. The summed E-state index contributed by atoms with van der Waals surface area (Å²) in [4.78, 5) is 10.4. The first-order chi connectivity index (χ1) is 3.72. The molecule has 0 spiro atoms. The maximum Gasteiger partial charge on any atom is 0.323 e. The standard InChI is InChI=1S/C4H10N2O2.ClH/c1-3(6-5)4(7)8-2;/h3,6H,5H2,1-2H3;1H/t3-;/m1./s1. The molecular weight excluding hydrogens is 144 g/mol. The van der Waals surface area contributed by atoms with E-state index in [0.29, 0.717) is 0 Å². The molecule has 0 bridgehead atoms. The lowest BCUT2D eigenvalue weighted by Gasteiger charge is -2.04. The van der Waals surface area contributed by atoms with E-state index in [1.165, 1.54) is 7.11 Å². The van der Waals surface area contributed by atoms with E-state index in [1.54, 1.807) is 6.92 Å². The van der Waals surface area contributed by atoms with Crippen LogP contribution in [0, 0.1) is 0 Å². The fraction of sp³-hybridized carbons (Fsp3) is 0.750. The van der Waals surface area contributed by atoms with E-state index in [4.69, 9.17) is 5.84 Å². The van der Waals surface area contributed by atoms with Gasteiger partial charge in [0.05, 0.1) is 7.11 Å². The number of nitrogens with one attached hydrogen (secondary N) is 1. The third-order valence-electron chi connectivity index (χ3n) is 0.805. The van der Waals surface area contributed by atoms with Crippen LogP contribution in [0.5, 0.6) is 0 Å². The minimum Gasteiger partial charge on any atom is -0.468 e. The first-order valence-electron chi connectivity index (χ1n) is 2.26. The van der Waals surface area contributed by atoms with Crippen molar-refractivity contribution < 1.29 is 9.53 Å². The second-order valence-corrected chi connectivity index (χ2v) is 1.41. The summed E-state index contributed by atoms with van der Waals surface area (Å²) in [5.41, 5.74) is 2.24. The van der Waals surface area contributed by atoms with Gasteiger partial charge in [0, 0.05) is 0 Å². The first kappa shape index (κ1) is 11.5. The molecule has 0 aliphatic rings. The zero-order valence-corrected chi connectivity index (χ0v) is 6.20. The highest BCUT2D eigenvalue weighted by Gasteiger charge is 2.08. The lowest BCUT2D eigenvalue weighted by molar-refractivity contribution is -0.142. The molecule has 5 heteroatoms. The number of hydrogen-bond acceptors (Lipinski definition) is 4. The Bertz CT molecular complexity index is 88.6. The number of rotatable bonds is 2. The number of nitrogens with two attached hydrogens (primary N) is 1. The number of carbonyl (C=O) groups is 1. The number of esters is 1. The van der Waals surface area contributed by atoms with Gasteiger partial charge < -0.3 is 4.74 Å². The van der Waals surface area contributed by atoms with Crippen LogP contribution in [0.15, 0.2) is 0 Å². The van der Waals surface area contributed by atoms with Gasteiger partial charge in [0.1, 0.15) is 6.04 Å². The van der Waals surface area contributed by atoms with Gasteiger partial charge >= 0.3 is 5.97 Å². The van der Waals surface area contributed by atoms with Gasteiger partial charge in [0.2, 0.25) is 0 Å². The molecule has 9 heavy (non-hydrogen) atoms. The highest BCUT2D eigenvalue weighted by Crippen LogP contribution is 1.80. The van der Waals surface area contributed by atoms with Gasteiger partial charge in [-0.2, -0.15) is 0 Å². The molecule has 0 aromatic carbocycles. The average molecular weight is 155 g/mol. The third kappa shape index (κ3) is 4.20. The van der Waals surface area contributed by atoms with Crippen LogP contribution in [0.25, 0.3) is 0 Å². The van der Waals surface area contributed by atoms with Crippen LogP contribution in [-0.2, 0) is 9.53 Å². The van der Waals surface area contributed by atoms with Crippen molar-refractivity contribution >= 4 is 18.4 Å². The predicted molar refractivity (Wildman–Crippen MR) is 36.0 cm³/mol. The second-order valence-electron chi connectivity index (χ2n) is 1.41. The maximum absolute atomic E-state index is 10.4. The lowest BCUT2D eigenvalue weighted by atomic mass is 10.4. The summed E-state index contributed by atoms with van der Waals surface area (Å²) in [6.07, 6.45) is 0. The molecule has 0 amide bonds. The number of hydrogen-bond donors (Lipinski definition) is 2.